The van der Waals surface area contributed by atoms with Crippen molar-refractivity contribution in [2.75, 3.05) is 6.61 Å². The van der Waals surface area contributed by atoms with Gasteiger partial charge in [-0.2, -0.15) is 5.10 Å². The predicted octanol–water partition coefficient (Wildman–Crippen LogP) is 5.57. The van der Waals surface area contributed by atoms with E-state index in [4.69, 9.17) is 28.6 Å². The van der Waals surface area contributed by atoms with Crippen LogP contribution < -0.4 is 10.1 Å². The molecule has 0 saturated carbocycles. The molecule has 1 heterocycles. The highest BCUT2D eigenvalue weighted by molar-refractivity contribution is 7.71. The molecule has 1 atom stereocenters. The van der Waals surface area contributed by atoms with Crippen LogP contribution in [0.3, 0.4) is 0 Å². The van der Waals surface area contributed by atoms with E-state index in [1.54, 1.807) is 16.7 Å². The molecule has 0 aliphatic carbocycles. The number of amides is 1. The van der Waals surface area contributed by atoms with Crippen molar-refractivity contribution in [2.24, 2.45) is 0 Å². The molecule has 4 aromatic rings. The summed E-state index contributed by atoms with van der Waals surface area (Å²) in [6.07, 6.45) is 0. The highest BCUT2D eigenvalue weighted by atomic mass is 35.5. The molecule has 33 heavy (non-hydrogen) atoms. The Morgan fingerprint density at radius 1 is 1.06 bits per heavy atom. The lowest BCUT2D eigenvalue weighted by Gasteiger charge is -2.20. The van der Waals surface area contributed by atoms with Gasteiger partial charge in [-0.05, 0) is 66.7 Å². The Balaban J connectivity index is 1.59. The second-order valence-electron chi connectivity index (χ2n) is 7.36. The summed E-state index contributed by atoms with van der Waals surface area (Å²) in [5.74, 6) is 1.17. The molecule has 0 saturated heterocycles. The van der Waals surface area contributed by atoms with E-state index >= 15 is 0 Å². The highest BCUT2D eigenvalue weighted by Gasteiger charge is 2.19. The van der Waals surface area contributed by atoms with Gasteiger partial charge in [-0.3, -0.25) is 14.5 Å². The van der Waals surface area contributed by atoms with Crippen molar-refractivity contribution in [2.45, 2.75) is 19.5 Å². The third-order valence-corrected chi connectivity index (χ3v) is 5.69. The van der Waals surface area contributed by atoms with E-state index in [9.17, 15) is 4.79 Å². The number of carbonyl (C=O) groups excluding carboxylic acids is 1. The van der Waals surface area contributed by atoms with Crippen LogP contribution in [0.1, 0.15) is 24.1 Å². The molecule has 6 nitrogen and oxygen atoms in total. The van der Waals surface area contributed by atoms with Gasteiger partial charge in [-0.1, -0.05) is 54.1 Å². The topological polar surface area (TPSA) is 71.9 Å². The zero-order chi connectivity index (χ0) is 23.2. The fourth-order valence-corrected chi connectivity index (χ4v) is 3.88. The van der Waals surface area contributed by atoms with Gasteiger partial charge in [0.2, 0.25) is 5.91 Å². The fraction of sp³-hybridized carbons (Fsp3) is 0.160. The van der Waals surface area contributed by atoms with Crippen LogP contribution in [0.4, 0.5) is 0 Å². The first-order valence-corrected chi connectivity index (χ1v) is 11.3. The number of aromatic amines is 1. The molecule has 4 rings (SSSR count). The highest BCUT2D eigenvalue weighted by Crippen LogP contribution is 2.25. The first kappa shape index (κ1) is 22.8. The molecule has 0 spiro atoms. The molecular weight excluding hydrogens is 456 g/mol. The lowest BCUT2D eigenvalue weighted by atomic mass is 9.98. The van der Waals surface area contributed by atoms with Gasteiger partial charge in [0.25, 0.3) is 0 Å². The Kier molecular flexibility index (Phi) is 7.22. The Hall–Kier alpha value is -3.42. The minimum absolute atomic E-state index is 0.0215. The number of ether oxygens (including phenoxy) is 1. The smallest absolute Gasteiger partial charge is 0.240 e. The number of halogens is 1. The van der Waals surface area contributed by atoms with Crippen molar-refractivity contribution in [1.82, 2.24) is 20.1 Å². The molecule has 1 unspecified atom stereocenters. The Bertz CT molecular complexity index is 1270. The molecule has 0 aliphatic rings. The Morgan fingerprint density at radius 3 is 2.39 bits per heavy atom. The van der Waals surface area contributed by atoms with Gasteiger partial charge in [0, 0.05) is 10.6 Å². The monoisotopic (exact) mass is 478 g/mol. The summed E-state index contributed by atoms with van der Waals surface area (Å²) in [4.78, 5) is 13.2. The molecule has 0 aliphatic heterocycles. The van der Waals surface area contributed by atoms with Gasteiger partial charge in [0.15, 0.2) is 10.6 Å². The Labute approximate surface area is 202 Å². The van der Waals surface area contributed by atoms with E-state index in [-0.39, 0.29) is 18.5 Å². The van der Waals surface area contributed by atoms with Crippen LogP contribution in [0.15, 0.2) is 78.9 Å². The summed E-state index contributed by atoms with van der Waals surface area (Å²) in [7, 11) is 0. The molecule has 3 aromatic carbocycles. The molecule has 2 N–H and O–H groups in total. The number of H-pyrrole nitrogens is 1. The van der Waals surface area contributed by atoms with Crippen LogP contribution in [0.5, 0.6) is 5.75 Å². The lowest BCUT2D eigenvalue weighted by Crippen LogP contribution is -2.32. The molecule has 0 radical (unpaired) electrons. The average molecular weight is 479 g/mol. The second-order valence-corrected chi connectivity index (χ2v) is 8.18. The van der Waals surface area contributed by atoms with E-state index in [2.05, 4.69) is 15.5 Å². The number of nitrogens with zero attached hydrogens (tertiary/aromatic N) is 2. The Morgan fingerprint density at radius 2 is 1.73 bits per heavy atom. The zero-order valence-electron chi connectivity index (χ0n) is 18.0. The summed E-state index contributed by atoms with van der Waals surface area (Å²) in [5, 5.41) is 10.8. The minimum atomic E-state index is -0.325. The first-order valence-electron chi connectivity index (χ1n) is 10.5. The van der Waals surface area contributed by atoms with Crippen molar-refractivity contribution >= 4 is 29.7 Å². The van der Waals surface area contributed by atoms with Crippen LogP contribution >= 0.6 is 23.8 Å². The van der Waals surface area contributed by atoms with Crippen LogP contribution in [-0.2, 0) is 11.3 Å². The van der Waals surface area contributed by atoms with Gasteiger partial charge >= 0.3 is 0 Å². The summed E-state index contributed by atoms with van der Waals surface area (Å²) >= 11 is 11.4. The zero-order valence-corrected chi connectivity index (χ0v) is 19.6. The quantitative estimate of drug-likeness (QED) is 0.325. The van der Waals surface area contributed by atoms with Gasteiger partial charge in [-0.15, -0.1) is 0 Å². The maximum Gasteiger partial charge on any atom is 0.240 e. The van der Waals surface area contributed by atoms with Crippen LogP contribution in [-0.4, -0.2) is 27.3 Å². The molecule has 8 heteroatoms. The number of aromatic nitrogens is 3. The summed E-state index contributed by atoms with van der Waals surface area (Å²) in [6.45, 7) is 2.56. The molecule has 1 amide bonds. The first-order chi connectivity index (χ1) is 16.0. The van der Waals surface area contributed by atoms with Crippen LogP contribution in [0.25, 0.3) is 11.4 Å². The summed E-state index contributed by atoms with van der Waals surface area (Å²) in [6, 6.07) is 24.5. The molecule has 0 fully saturated rings. The molecule has 0 bridgehead atoms. The largest absolute Gasteiger partial charge is 0.494 e. The fourth-order valence-electron chi connectivity index (χ4n) is 3.56. The van der Waals surface area contributed by atoms with Crippen molar-refractivity contribution in [3.63, 3.8) is 0 Å². The molecule has 1 aromatic heterocycles. The predicted molar refractivity (Wildman–Crippen MR) is 132 cm³/mol. The van der Waals surface area contributed by atoms with E-state index in [1.807, 2.05) is 73.7 Å². The number of carbonyl (C=O) groups is 1. The number of benzene rings is 3. The normalized spacial score (nSPS) is 11.7. The van der Waals surface area contributed by atoms with E-state index < -0.39 is 0 Å². The maximum atomic E-state index is 13.2. The van der Waals surface area contributed by atoms with Gasteiger partial charge in [-0.25, -0.2) is 0 Å². The van der Waals surface area contributed by atoms with Gasteiger partial charge in [0.05, 0.1) is 12.6 Å². The van der Waals surface area contributed by atoms with Gasteiger partial charge < -0.3 is 10.1 Å². The van der Waals surface area contributed by atoms with Crippen molar-refractivity contribution in [1.29, 1.82) is 0 Å². The number of hydrogen-bond acceptors (Lipinski definition) is 4. The van der Waals surface area contributed by atoms with E-state index in [0.29, 0.717) is 22.2 Å². The second kappa shape index (κ2) is 10.5. The van der Waals surface area contributed by atoms with Crippen molar-refractivity contribution in [3.05, 3.63) is 99.8 Å². The van der Waals surface area contributed by atoms with Crippen LogP contribution in [0.2, 0.25) is 5.02 Å². The summed E-state index contributed by atoms with van der Waals surface area (Å²) in [5.41, 5.74) is 2.74. The lowest BCUT2D eigenvalue weighted by molar-refractivity contribution is -0.122. The minimum Gasteiger partial charge on any atom is -0.494 e. The molecule has 168 valence electrons. The number of rotatable bonds is 8. The summed E-state index contributed by atoms with van der Waals surface area (Å²) < 4.78 is 7.60. The third kappa shape index (κ3) is 5.50. The van der Waals surface area contributed by atoms with Crippen molar-refractivity contribution < 1.29 is 9.53 Å². The third-order valence-electron chi connectivity index (χ3n) is 5.13. The van der Waals surface area contributed by atoms with Crippen molar-refractivity contribution in [3.8, 4) is 17.1 Å². The average Bonchev–Trinajstić information content (AvgIpc) is 3.19. The van der Waals surface area contributed by atoms with E-state index in [0.717, 1.165) is 22.4 Å². The number of nitrogens with one attached hydrogen (secondary N) is 2. The molecular formula is C25H23ClN4O2S. The van der Waals surface area contributed by atoms with Crippen LogP contribution in [0, 0.1) is 4.77 Å². The standard InChI is InChI=1S/C25H23ClN4O2S/c1-2-32-21-14-10-18(11-15-21)23(17-6-4-3-5-7-17)27-22(31)16-30-24(28-29-25(30)33)19-8-12-20(26)13-9-19/h3-15,23H,2,16H2,1H3,(H,27,31)(H,29,33). The van der Waals surface area contributed by atoms with Gasteiger partial charge in [0.1, 0.15) is 12.3 Å². The van der Waals surface area contributed by atoms with E-state index in [1.165, 1.54) is 0 Å². The SMILES string of the molecule is CCOc1ccc(C(NC(=O)Cn2c(-c3ccc(Cl)cc3)n[nH]c2=S)c2ccccc2)cc1. The number of hydrogen-bond donors (Lipinski definition) is 2. The maximum absolute atomic E-state index is 13.2.